The van der Waals surface area contributed by atoms with Gasteiger partial charge in [-0.25, -0.2) is 0 Å². The second kappa shape index (κ2) is 42.2. The van der Waals surface area contributed by atoms with E-state index in [9.17, 15) is 34.5 Å². The van der Waals surface area contributed by atoms with Crippen LogP contribution in [0, 0.1) is 0 Å². The maximum atomic E-state index is 12.0. The van der Waals surface area contributed by atoms with Crippen molar-refractivity contribution in [1.29, 1.82) is 0 Å². The highest BCUT2D eigenvalue weighted by Crippen LogP contribution is 2.30. The number of nitrogens with one attached hydrogen (secondary N) is 1. The predicted octanol–water partition coefficient (Wildman–Crippen LogP) is 8.35. The highest BCUT2D eigenvalue weighted by Gasteiger charge is 2.37. The van der Waals surface area contributed by atoms with Crippen LogP contribution in [0.15, 0.2) is 11.6 Å². The average molecular weight is 763 g/mol. The molecule has 0 aromatic carbocycles. The van der Waals surface area contributed by atoms with Gasteiger partial charge in [-0.15, -0.1) is 0 Å². The van der Waals surface area contributed by atoms with E-state index in [0.29, 0.717) is 38.9 Å². The zero-order valence-corrected chi connectivity index (χ0v) is 36.7. The summed E-state index contributed by atoms with van der Waals surface area (Å²) in [5.74, 6) is -3.84. The maximum Gasteiger partial charge on any atom is 0.317 e. The summed E-state index contributed by atoms with van der Waals surface area (Å²) in [5.41, 5.74) is 1.10. The summed E-state index contributed by atoms with van der Waals surface area (Å²) in [6, 6.07) is -0.820. The van der Waals surface area contributed by atoms with Gasteiger partial charge in [0.05, 0.1) is 26.2 Å². The molecule has 4 atom stereocenters. The molecule has 0 fully saturated rings. The zero-order chi connectivity index (χ0) is 42.4. The van der Waals surface area contributed by atoms with Gasteiger partial charge in [-0.05, 0) is 51.5 Å². The van der Waals surface area contributed by atoms with Gasteiger partial charge in [0, 0.05) is 37.3 Å². The van der Waals surface area contributed by atoms with Gasteiger partial charge < -0.3 is 25.7 Å². The number of carboxylic acid groups (broad SMARTS) is 4. The van der Waals surface area contributed by atoms with Crippen LogP contribution >= 0.6 is 0 Å². The maximum absolute atomic E-state index is 12.0. The molecule has 318 valence electrons. The topological polar surface area (TPSA) is 171 Å². The van der Waals surface area contributed by atoms with Crippen molar-refractivity contribution in [2.75, 3.05) is 45.8 Å². The van der Waals surface area contributed by atoms with Gasteiger partial charge in [-0.2, -0.15) is 0 Å². The van der Waals surface area contributed by atoms with Gasteiger partial charge in [0.1, 0.15) is 0 Å². The SMILES string of the molecule is CC.CC.CC.CCC.CCC.CCCCN(CC(=O)O)C1CCC=C(CC)C1N(CCCN(CC(=O)O)C(CC)C(CC)NCC(=O)O)CC(=O)O. The van der Waals surface area contributed by atoms with Crippen LogP contribution in [-0.2, 0) is 19.2 Å². The lowest BCUT2D eigenvalue weighted by Gasteiger charge is -2.45. The van der Waals surface area contributed by atoms with Gasteiger partial charge in [0.15, 0.2) is 0 Å². The van der Waals surface area contributed by atoms with Crippen LogP contribution in [0.3, 0.4) is 0 Å². The summed E-state index contributed by atoms with van der Waals surface area (Å²) in [7, 11) is 0. The number of hydrogen-bond acceptors (Lipinski definition) is 8. The molecule has 0 saturated carbocycles. The first-order valence-electron chi connectivity index (χ1n) is 20.8. The van der Waals surface area contributed by atoms with E-state index in [-0.39, 0.29) is 50.3 Å². The van der Waals surface area contributed by atoms with E-state index < -0.39 is 23.9 Å². The Balaban J connectivity index is -0.000000569. The van der Waals surface area contributed by atoms with Crippen molar-refractivity contribution >= 4 is 23.9 Å². The first-order valence-corrected chi connectivity index (χ1v) is 20.8. The van der Waals surface area contributed by atoms with E-state index in [2.05, 4.69) is 46.0 Å². The van der Waals surface area contributed by atoms with Gasteiger partial charge in [-0.3, -0.25) is 33.9 Å². The summed E-state index contributed by atoms with van der Waals surface area (Å²) < 4.78 is 0. The molecule has 0 aliphatic heterocycles. The minimum Gasteiger partial charge on any atom is -0.480 e. The minimum atomic E-state index is -0.984. The molecule has 1 aliphatic carbocycles. The molecule has 53 heavy (non-hydrogen) atoms. The van der Waals surface area contributed by atoms with Crippen LogP contribution in [0.5, 0.6) is 0 Å². The Hall–Kier alpha value is -2.54. The fraction of sp³-hybridized carbons (Fsp3) is 0.854. The fourth-order valence-corrected chi connectivity index (χ4v) is 6.15. The Labute approximate surface area is 325 Å². The first-order chi connectivity index (χ1) is 25.3. The van der Waals surface area contributed by atoms with Crippen LogP contribution in [0.25, 0.3) is 0 Å². The molecule has 0 aromatic rings. The zero-order valence-electron chi connectivity index (χ0n) is 36.7. The number of allylic oxidation sites excluding steroid dienone is 1. The molecule has 0 saturated heterocycles. The summed E-state index contributed by atoms with van der Waals surface area (Å²) >= 11 is 0. The Morgan fingerprint density at radius 3 is 1.55 bits per heavy atom. The third-order valence-electron chi connectivity index (χ3n) is 7.90. The quantitative estimate of drug-likeness (QED) is 0.0632. The smallest absolute Gasteiger partial charge is 0.317 e. The van der Waals surface area contributed by atoms with Gasteiger partial charge in [0.2, 0.25) is 0 Å². The number of nitrogens with zero attached hydrogens (tertiary/aromatic N) is 3. The van der Waals surface area contributed by atoms with Crippen LogP contribution in [0.1, 0.15) is 161 Å². The molecule has 0 spiro atoms. The molecule has 4 unspecified atom stereocenters. The molecule has 5 N–H and O–H groups in total. The highest BCUT2D eigenvalue weighted by atomic mass is 16.4. The molecule has 0 radical (unpaired) electrons. The third-order valence-corrected chi connectivity index (χ3v) is 7.90. The number of unbranched alkanes of at least 4 members (excludes halogenated alkanes) is 1. The van der Waals surface area contributed by atoms with Gasteiger partial charge in [0.25, 0.3) is 0 Å². The van der Waals surface area contributed by atoms with Crippen LogP contribution in [-0.4, -0.2) is 129 Å². The minimum absolute atomic E-state index is 0.106. The number of hydrogen-bond donors (Lipinski definition) is 5. The second-order valence-electron chi connectivity index (χ2n) is 12.2. The van der Waals surface area contributed by atoms with Crippen LogP contribution in [0.4, 0.5) is 0 Å². The Bertz CT molecular complexity index is 901. The van der Waals surface area contributed by atoms with E-state index in [1.165, 1.54) is 12.8 Å². The molecule has 0 aromatic heterocycles. The summed E-state index contributed by atoms with van der Waals surface area (Å²) in [5, 5.41) is 41.3. The number of rotatable bonds is 23. The summed E-state index contributed by atoms with van der Waals surface area (Å²) in [4.78, 5) is 52.4. The van der Waals surface area contributed by atoms with Gasteiger partial charge >= 0.3 is 23.9 Å². The van der Waals surface area contributed by atoms with E-state index in [1.54, 1.807) is 0 Å². The standard InChI is InChI=1S/C29H52N4O8.2C3H8.3C2H6/c1-5-9-14-32(19-27(38)39)24-13-10-12-21(6-2)29(24)33(20-28(40)41)16-11-15-31(18-26(36)37)23(8-4)22(7-3)30-17-25(34)35;2*1-3-2;3*1-2/h12,22-24,29-30H,5-11,13-20H2,1-4H3,(H,34,35)(H,36,37)(H,38,39)(H,40,41);2*3H2,1-2H3;3*1-2H3. The van der Waals surface area contributed by atoms with E-state index in [0.717, 1.165) is 37.7 Å². The fourth-order valence-electron chi connectivity index (χ4n) is 6.15. The van der Waals surface area contributed by atoms with E-state index in [4.69, 9.17) is 5.11 Å². The predicted molar refractivity (Wildman–Crippen MR) is 222 cm³/mol. The summed E-state index contributed by atoms with van der Waals surface area (Å²) in [6.07, 6.45) is 10.4. The summed E-state index contributed by atoms with van der Waals surface area (Å²) in [6.45, 7) is 29.1. The number of carbonyl (C=O) groups is 4. The Morgan fingerprint density at radius 1 is 0.679 bits per heavy atom. The molecule has 12 heteroatoms. The first kappa shape index (κ1) is 59.7. The third kappa shape index (κ3) is 30.5. The molecular formula is C41H86N4O8. The van der Waals surface area contributed by atoms with Crippen molar-refractivity contribution in [2.45, 2.75) is 185 Å². The second-order valence-corrected chi connectivity index (χ2v) is 12.2. The van der Waals surface area contributed by atoms with E-state index >= 15 is 0 Å². The van der Waals surface area contributed by atoms with Crippen molar-refractivity contribution in [3.05, 3.63) is 11.6 Å². The molecule has 0 amide bonds. The highest BCUT2D eigenvalue weighted by molar-refractivity contribution is 5.70. The number of carboxylic acids is 4. The molecule has 1 aliphatic rings. The van der Waals surface area contributed by atoms with Crippen molar-refractivity contribution in [1.82, 2.24) is 20.0 Å². The van der Waals surface area contributed by atoms with Crippen molar-refractivity contribution < 1.29 is 39.6 Å². The Kier molecular flexibility index (Phi) is 47.6. The monoisotopic (exact) mass is 763 g/mol. The number of aliphatic carboxylic acids is 4. The molecule has 0 bridgehead atoms. The molecule has 12 nitrogen and oxygen atoms in total. The average Bonchev–Trinajstić information content (AvgIpc) is 3.13. The van der Waals surface area contributed by atoms with Gasteiger partial charge in [-0.1, -0.05) is 128 Å². The van der Waals surface area contributed by atoms with Crippen molar-refractivity contribution in [3.8, 4) is 0 Å². The molecule has 1 rings (SSSR count). The lowest BCUT2D eigenvalue weighted by molar-refractivity contribution is -0.142. The lowest BCUT2D eigenvalue weighted by Crippen LogP contribution is -2.57. The largest absolute Gasteiger partial charge is 0.480 e. The van der Waals surface area contributed by atoms with E-state index in [1.807, 2.05) is 77.0 Å². The van der Waals surface area contributed by atoms with Crippen molar-refractivity contribution in [2.24, 2.45) is 0 Å². The lowest BCUT2D eigenvalue weighted by atomic mass is 9.85. The Morgan fingerprint density at radius 2 is 1.15 bits per heavy atom. The van der Waals surface area contributed by atoms with Crippen LogP contribution < -0.4 is 5.32 Å². The van der Waals surface area contributed by atoms with Crippen LogP contribution in [0.2, 0.25) is 0 Å². The molecule has 0 heterocycles. The normalized spacial score (nSPS) is 15.6. The van der Waals surface area contributed by atoms with Crippen molar-refractivity contribution in [3.63, 3.8) is 0 Å². The molecular weight excluding hydrogens is 676 g/mol.